The van der Waals surface area contributed by atoms with Gasteiger partial charge >= 0.3 is 0 Å². The molecule has 0 fully saturated rings. The van der Waals surface area contributed by atoms with E-state index in [1.165, 1.54) is 11.1 Å². The first kappa shape index (κ1) is 73.7. The predicted molar refractivity (Wildman–Crippen MR) is 416 cm³/mol. The maximum absolute atomic E-state index is 10.1. The van der Waals surface area contributed by atoms with Crippen molar-refractivity contribution in [3.63, 3.8) is 0 Å². The van der Waals surface area contributed by atoms with Crippen LogP contribution in [0.5, 0.6) is 92.0 Å². The van der Waals surface area contributed by atoms with Gasteiger partial charge < -0.3 is 79.5 Å². The van der Waals surface area contributed by atoms with Gasteiger partial charge in [0.15, 0.2) is 0 Å². The van der Waals surface area contributed by atoms with Crippen LogP contribution >= 0.6 is 0 Å². The molecule has 8 atom stereocenters. The fourth-order valence-electron chi connectivity index (χ4n) is 15.7. The van der Waals surface area contributed by atoms with E-state index in [0.29, 0.717) is 32.2 Å². The maximum atomic E-state index is 10.1. The Bertz CT molecular complexity index is 5190. The van der Waals surface area contributed by atoms with E-state index in [0.717, 1.165) is 118 Å². The first-order chi connectivity index (χ1) is 52.0. The number of aromatic hydroxyl groups is 10. The SMILES string of the molecule is COc1ccc([C@@H]2c3ccc(O)cc3OC[C@@H]2c2ccc(O)cc2)cc1C.COc1ccc([C@H]2c3ccc(O)c(C)c3OC[C@H]2c2ccc(O)cc2)cc1C.Cc1c(O)ccc2c1OC[C@@H](c1ccc(O)cc1)[C@H]2c1ccc(O)cc1.Cc1cc([C@H]2c3ccc(O)c(C)c3OC[C@H]2c2ccc(O)cc2)ccc1O. The fraction of sp³-hybridized carbons (Fsp3) is 0.217. The molecule has 0 saturated heterocycles. The van der Waals surface area contributed by atoms with Gasteiger partial charge in [-0.15, -0.1) is 0 Å². The van der Waals surface area contributed by atoms with Gasteiger partial charge in [0.2, 0.25) is 0 Å². The second kappa shape index (κ2) is 31.6. The zero-order chi connectivity index (χ0) is 76.2. The molecule has 10 N–H and O–H groups in total. The Balaban J connectivity index is 0.000000127. The summed E-state index contributed by atoms with van der Waals surface area (Å²) < 4.78 is 35.0. The number of hydrogen-bond acceptors (Lipinski definition) is 16. The molecule has 12 aromatic rings. The molecule has 4 aliphatic rings. The summed E-state index contributed by atoms with van der Waals surface area (Å²) in [4.78, 5) is 0. The number of aryl methyl sites for hydroxylation is 3. The molecule has 0 aliphatic carbocycles. The molecular weight excluding hydrogens is 1360 g/mol. The van der Waals surface area contributed by atoms with Gasteiger partial charge in [-0.05, 0) is 206 Å². The van der Waals surface area contributed by atoms with Crippen molar-refractivity contribution in [1.82, 2.24) is 0 Å². The van der Waals surface area contributed by atoms with Crippen molar-refractivity contribution >= 4 is 0 Å². The molecule has 0 saturated carbocycles. The zero-order valence-corrected chi connectivity index (χ0v) is 61.3. The number of rotatable bonds is 10. The molecule has 4 heterocycles. The first-order valence-corrected chi connectivity index (χ1v) is 35.9. The lowest BCUT2D eigenvalue weighted by Crippen LogP contribution is -2.26. The Morgan fingerprint density at radius 2 is 0.509 bits per heavy atom. The summed E-state index contributed by atoms with van der Waals surface area (Å²) in [6.07, 6.45) is 0. The van der Waals surface area contributed by atoms with E-state index >= 15 is 0 Å². The van der Waals surface area contributed by atoms with E-state index in [-0.39, 0.29) is 105 Å². The van der Waals surface area contributed by atoms with E-state index < -0.39 is 0 Å². The van der Waals surface area contributed by atoms with Gasteiger partial charge in [-0.25, -0.2) is 0 Å². The van der Waals surface area contributed by atoms with E-state index in [4.69, 9.17) is 28.4 Å². The van der Waals surface area contributed by atoms with Crippen LogP contribution in [0.4, 0.5) is 0 Å². The average molecular weight is 1450 g/mol. The summed E-state index contributed by atoms with van der Waals surface area (Å²) in [6.45, 7) is 13.5. The first-order valence-electron chi connectivity index (χ1n) is 35.9. The van der Waals surface area contributed by atoms with Crippen molar-refractivity contribution in [1.29, 1.82) is 0 Å². The molecule has 0 amide bonds. The molecule has 0 bridgehead atoms. The van der Waals surface area contributed by atoms with Gasteiger partial charge in [-0.1, -0.05) is 121 Å². The minimum atomic E-state index is 0.0110. The molecule has 16 nitrogen and oxygen atoms in total. The van der Waals surface area contributed by atoms with Crippen LogP contribution in [0.25, 0.3) is 0 Å². The van der Waals surface area contributed by atoms with Crippen LogP contribution in [0.15, 0.2) is 231 Å². The van der Waals surface area contributed by atoms with E-state index in [9.17, 15) is 51.1 Å². The number of phenols is 10. The standard InChI is InChI=1S/C24H24O4.2C23H22O4.C22H20O4/c1-14-12-17(6-11-22(14)27-3)23-19-9-10-21(26)15(2)24(19)28-13-20(23)16-4-7-18(25)8-5-16;1-14-11-16(5-10-21(14)26-2)23-19-9-8-18(25)12-22(19)27-13-20(23)15-3-6-17(24)7-4-15;1-13-11-16(5-9-20(13)25)22-18-8-10-21(26)14(2)23(18)27-12-19(22)15-3-6-17(24)7-4-15;1-13-20(25)11-10-18-21(15-4-8-17(24)9-5-15)19(12-26-22(13)18)14-2-6-16(23)7-3-14/h4-12,20,23,25-26H,13H2,1-3H3;3-12,20,23-25H,13H2,1-2H3;3-11,19,22,24-26H,12H2,1-2H3;2-11,19,21,23-25H,12H2,1H3/t2*20-,23-;19-,22-;19-,21-/m0100/s1. The molecular formula is C92H88O16. The van der Waals surface area contributed by atoms with Crippen molar-refractivity contribution in [2.75, 3.05) is 40.6 Å². The van der Waals surface area contributed by atoms with Gasteiger partial charge in [0.05, 0.1) is 40.6 Å². The minimum absolute atomic E-state index is 0.0110. The van der Waals surface area contributed by atoms with E-state index in [2.05, 4.69) is 24.3 Å². The highest BCUT2D eigenvalue weighted by atomic mass is 16.5. The second-order valence-electron chi connectivity index (χ2n) is 28.1. The normalized spacial score (nSPS) is 18.5. The van der Waals surface area contributed by atoms with Gasteiger partial charge in [0, 0.05) is 92.4 Å². The summed E-state index contributed by atoms with van der Waals surface area (Å²) in [5.41, 5.74) is 18.2. The van der Waals surface area contributed by atoms with Gasteiger partial charge in [-0.2, -0.15) is 0 Å². The van der Waals surface area contributed by atoms with Crippen LogP contribution in [0.3, 0.4) is 0 Å². The number of phenolic OH excluding ortho intramolecular Hbond substituents is 10. The summed E-state index contributed by atoms with van der Waals surface area (Å²) in [6, 6.07) is 70.6. The highest BCUT2D eigenvalue weighted by Gasteiger charge is 2.39. The Kier molecular flexibility index (Phi) is 21.6. The Morgan fingerprint density at radius 1 is 0.250 bits per heavy atom. The summed E-state index contributed by atoms with van der Waals surface area (Å²) >= 11 is 0. The Morgan fingerprint density at radius 3 is 0.833 bits per heavy atom. The molecule has 552 valence electrons. The molecule has 4 aliphatic heterocycles. The van der Waals surface area contributed by atoms with Gasteiger partial charge in [0.1, 0.15) is 92.0 Å². The predicted octanol–water partition coefficient (Wildman–Crippen LogP) is 18.9. The smallest absolute Gasteiger partial charge is 0.129 e. The summed E-state index contributed by atoms with van der Waals surface area (Å²) in [7, 11) is 3.35. The molecule has 0 aromatic heterocycles. The summed E-state index contributed by atoms with van der Waals surface area (Å²) in [5.74, 6) is 7.41. The molecule has 0 radical (unpaired) electrons. The van der Waals surface area contributed by atoms with Crippen LogP contribution in [-0.2, 0) is 0 Å². The fourth-order valence-corrected chi connectivity index (χ4v) is 15.7. The molecule has 0 spiro atoms. The van der Waals surface area contributed by atoms with Crippen LogP contribution in [0.1, 0.15) is 147 Å². The van der Waals surface area contributed by atoms with Crippen LogP contribution in [0, 0.1) is 41.5 Å². The van der Waals surface area contributed by atoms with Crippen molar-refractivity contribution < 1.29 is 79.5 Å². The van der Waals surface area contributed by atoms with Crippen molar-refractivity contribution in [2.24, 2.45) is 0 Å². The highest BCUT2D eigenvalue weighted by molar-refractivity contribution is 5.61. The van der Waals surface area contributed by atoms with Gasteiger partial charge in [0.25, 0.3) is 0 Å². The van der Waals surface area contributed by atoms with Crippen molar-refractivity contribution in [3.8, 4) is 92.0 Å². The largest absolute Gasteiger partial charge is 0.508 e. The lowest BCUT2D eigenvalue weighted by molar-refractivity contribution is 0.245. The van der Waals surface area contributed by atoms with Crippen LogP contribution in [0.2, 0.25) is 0 Å². The Hall–Kier alpha value is -12.6. The molecule has 12 aromatic carbocycles. The third kappa shape index (κ3) is 15.3. The number of hydrogen-bond donors (Lipinski definition) is 10. The molecule has 0 unspecified atom stereocenters. The highest BCUT2D eigenvalue weighted by Crippen LogP contribution is 2.54. The van der Waals surface area contributed by atoms with Crippen molar-refractivity contribution in [2.45, 2.75) is 88.9 Å². The number of ether oxygens (including phenoxy) is 6. The number of benzene rings is 12. The topological polar surface area (TPSA) is 258 Å². The molecule has 16 rings (SSSR count). The average Bonchev–Trinajstić information content (AvgIpc) is 0.778. The third-order valence-electron chi connectivity index (χ3n) is 21.5. The lowest BCUT2D eigenvalue weighted by Gasteiger charge is -2.35. The lowest BCUT2D eigenvalue weighted by atomic mass is 9.75. The second-order valence-corrected chi connectivity index (χ2v) is 28.1. The summed E-state index contributed by atoms with van der Waals surface area (Å²) in [5, 5.41) is 98.3. The van der Waals surface area contributed by atoms with Gasteiger partial charge in [-0.3, -0.25) is 0 Å². The Labute approximate surface area is 628 Å². The van der Waals surface area contributed by atoms with E-state index in [1.54, 1.807) is 111 Å². The number of fused-ring (bicyclic) bond motifs is 4. The minimum Gasteiger partial charge on any atom is -0.508 e. The van der Waals surface area contributed by atoms with Crippen LogP contribution in [-0.4, -0.2) is 91.7 Å². The monoisotopic (exact) mass is 1450 g/mol. The van der Waals surface area contributed by atoms with Crippen molar-refractivity contribution in [3.05, 3.63) is 331 Å². The third-order valence-corrected chi connectivity index (χ3v) is 21.5. The molecule has 16 heteroatoms. The maximum Gasteiger partial charge on any atom is 0.129 e. The quantitative estimate of drug-likeness (QED) is 0.0611. The van der Waals surface area contributed by atoms with E-state index in [1.807, 2.05) is 151 Å². The molecule has 108 heavy (non-hydrogen) atoms. The van der Waals surface area contributed by atoms with Crippen LogP contribution < -0.4 is 28.4 Å². The zero-order valence-electron chi connectivity index (χ0n) is 61.3. The number of methoxy groups -OCH3 is 2.